The van der Waals surface area contributed by atoms with Crippen LogP contribution in [0.25, 0.3) is 49.0 Å². The largest absolute Gasteiger partial charge is 0.310 e. The molecule has 0 amide bonds. The van der Waals surface area contributed by atoms with E-state index in [9.17, 15) is 0 Å². The molecule has 2 heteroatoms. The number of aryl methyl sites for hydroxylation is 1. The summed E-state index contributed by atoms with van der Waals surface area (Å²) in [5.74, 6) is 0. The average Bonchev–Trinajstić information content (AvgIpc) is 3.38. The molecule has 210 valence electrons. The van der Waals surface area contributed by atoms with Gasteiger partial charge in [0.1, 0.15) is 0 Å². The molecule has 1 aliphatic heterocycles. The summed E-state index contributed by atoms with van der Waals surface area (Å²) in [6.45, 7) is 6.89. The van der Waals surface area contributed by atoms with E-state index in [1.54, 1.807) is 0 Å². The van der Waals surface area contributed by atoms with Crippen molar-refractivity contribution in [3.8, 4) is 5.69 Å². The predicted octanol–water partition coefficient (Wildman–Crippen LogP) is 11.5. The molecular weight excluding hydrogens is 532 g/mol. The molecule has 0 spiro atoms. The maximum absolute atomic E-state index is 2.49. The van der Waals surface area contributed by atoms with E-state index >= 15 is 0 Å². The van der Waals surface area contributed by atoms with E-state index in [0.717, 1.165) is 11.4 Å². The van der Waals surface area contributed by atoms with Gasteiger partial charge in [0, 0.05) is 32.9 Å². The highest BCUT2D eigenvalue weighted by Crippen LogP contribution is 2.49. The summed E-state index contributed by atoms with van der Waals surface area (Å²) < 4.78 is 2.49. The van der Waals surface area contributed by atoms with Crippen LogP contribution in [0.2, 0.25) is 0 Å². The van der Waals surface area contributed by atoms with Gasteiger partial charge in [-0.05, 0) is 82.2 Å². The van der Waals surface area contributed by atoms with E-state index in [4.69, 9.17) is 0 Å². The molecule has 2 nitrogen and oxygen atoms in total. The minimum Gasteiger partial charge on any atom is -0.310 e. The second-order valence-electron chi connectivity index (χ2n) is 12.7. The molecule has 0 N–H and O–H groups in total. The highest BCUT2D eigenvalue weighted by atomic mass is 15.1. The first-order valence-electron chi connectivity index (χ1n) is 15.5. The Kier molecular flexibility index (Phi) is 5.20. The second-order valence-corrected chi connectivity index (χ2v) is 12.7. The van der Waals surface area contributed by atoms with Gasteiger partial charge in [-0.3, -0.25) is 0 Å². The van der Waals surface area contributed by atoms with Crippen LogP contribution in [0.3, 0.4) is 0 Å². The number of rotatable bonds is 3. The summed E-state index contributed by atoms with van der Waals surface area (Å²) in [5, 5.41) is 7.60. The molecule has 0 saturated carbocycles. The van der Waals surface area contributed by atoms with Crippen LogP contribution < -0.4 is 4.90 Å². The van der Waals surface area contributed by atoms with E-state index in [1.807, 2.05) is 0 Å². The van der Waals surface area contributed by atoms with Crippen molar-refractivity contribution in [2.24, 2.45) is 0 Å². The van der Waals surface area contributed by atoms with Gasteiger partial charge in [0.2, 0.25) is 0 Å². The second kappa shape index (κ2) is 9.08. The maximum atomic E-state index is 2.49. The van der Waals surface area contributed by atoms with Crippen molar-refractivity contribution in [2.45, 2.75) is 26.2 Å². The molecule has 7 aromatic carbocycles. The molecule has 0 radical (unpaired) electrons. The number of aromatic nitrogens is 1. The van der Waals surface area contributed by atoms with Gasteiger partial charge in [0.05, 0.1) is 22.4 Å². The van der Waals surface area contributed by atoms with Crippen molar-refractivity contribution < 1.29 is 0 Å². The minimum absolute atomic E-state index is 0.0824. The first-order chi connectivity index (χ1) is 21.5. The third-order valence-electron chi connectivity index (χ3n) is 9.77. The number of para-hydroxylation sites is 2. The maximum Gasteiger partial charge on any atom is 0.0582 e. The standard InChI is InChI=1S/C42H32N2/c1-27-12-10-14-29(24-27)43(40-25-28-13-4-5-15-31(28)32-16-6-7-17-33(32)40)30-22-23-38-35(26-30)34-18-11-20-37-41(34)44(38)39-21-9-8-19-36(39)42(37,2)3/h4-26H,1-3H3. The van der Waals surface area contributed by atoms with Crippen LogP contribution in [-0.2, 0) is 5.41 Å². The lowest BCUT2D eigenvalue weighted by atomic mass is 9.75. The van der Waals surface area contributed by atoms with Crippen molar-refractivity contribution in [3.05, 3.63) is 156 Å². The van der Waals surface area contributed by atoms with Crippen molar-refractivity contribution >= 4 is 60.4 Å². The van der Waals surface area contributed by atoms with E-state index < -0.39 is 0 Å². The lowest BCUT2D eigenvalue weighted by Gasteiger charge is -2.34. The summed E-state index contributed by atoms with van der Waals surface area (Å²) in [6.07, 6.45) is 0. The molecule has 0 aliphatic carbocycles. The number of fused-ring (bicyclic) bond motifs is 8. The molecule has 0 bridgehead atoms. The van der Waals surface area contributed by atoms with Crippen molar-refractivity contribution in [3.63, 3.8) is 0 Å². The van der Waals surface area contributed by atoms with Crippen LogP contribution in [0.5, 0.6) is 0 Å². The summed E-state index contributed by atoms with van der Waals surface area (Å²) in [7, 11) is 0. The molecule has 0 atom stereocenters. The molecule has 9 rings (SSSR count). The third-order valence-corrected chi connectivity index (χ3v) is 9.77. The SMILES string of the molecule is Cc1cccc(N(c2ccc3c(c2)c2cccc4c2n3-c2ccccc2C4(C)C)c2cc3ccccc3c3ccccc23)c1. The first-order valence-corrected chi connectivity index (χ1v) is 15.5. The van der Waals surface area contributed by atoms with E-state index in [-0.39, 0.29) is 5.41 Å². The van der Waals surface area contributed by atoms with Gasteiger partial charge in [-0.25, -0.2) is 0 Å². The van der Waals surface area contributed by atoms with E-state index in [2.05, 4.69) is 170 Å². The number of nitrogens with zero attached hydrogens (tertiary/aromatic N) is 2. The summed E-state index contributed by atoms with van der Waals surface area (Å²) in [4.78, 5) is 2.45. The zero-order chi connectivity index (χ0) is 29.6. The smallest absolute Gasteiger partial charge is 0.0582 e. The van der Waals surface area contributed by atoms with Crippen molar-refractivity contribution in [1.29, 1.82) is 0 Å². The molecule has 44 heavy (non-hydrogen) atoms. The summed E-state index contributed by atoms with van der Waals surface area (Å²) in [6, 6.07) is 51.6. The Hall–Kier alpha value is -5.34. The highest BCUT2D eigenvalue weighted by molar-refractivity contribution is 6.16. The topological polar surface area (TPSA) is 8.17 Å². The Bertz CT molecular complexity index is 2440. The minimum atomic E-state index is -0.0824. The Morgan fingerprint density at radius 1 is 0.523 bits per heavy atom. The lowest BCUT2D eigenvalue weighted by Crippen LogP contribution is -2.26. The fourth-order valence-corrected chi connectivity index (χ4v) is 7.71. The van der Waals surface area contributed by atoms with Gasteiger partial charge in [0.25, 0.3) is 0 Å². The number of benzene rings is 7. The van der Waals surface area contributed by atoms with Gasteiger partial charge < -0.3 is 9.47 Å². The molecule has 0 saturated heterocycles. The molecule has 1 aliphatic rings. The Morgan fingerprint density at radius 2 is 1.20 bits per heavy atom. The van der Waals surface area contributed by atoms with Crippen LogP contribution in [0.4, 0.5) is 17.1 Å². The molecule has 0 unspecified atom stereocenters. The molecule has 8 aromatic rings. The zero-order valence-electron chi connectivity index (χ0n) is 25.2. The summed E-state index contributed by atoms with van der Waals surface area (Å²) in [5.41, 5.74) is 11.2. The van der Waals surface area contributed by atoms with Gasteiger partial charge in [-0.2, -0.15) is 0 Å². The van der Waals surface area contributed by atoms with E-state index in [0.29, 0.717) is 0 Å². The van der Waals surface area contributed by atoms with Gasteiger partial charge >= 0.3 is 0 Å². The Balaban J connectivity index is 1.38. The predicted molar refractivity (Wildman–Crippen MR) is 187 cm³/mol. The van der Waals surface area contributed by atoms with Crippen LogP contribution >= 0.6 is 0 Å². The fourth-order valence-electron chi connectivity index (χ4n) is 7.71. The number of anilines is 3. The highest BCUT2D eigenvalue weighted by Gasteiger charge is 2.34. The molecule has 0 fully saturated rings. The van der Waals surface area contributed by atoms with Crippen LogP contribution in [0.15, 0.2) is 140 Å². The molecule has 2 heterocycles. The van der Waals surface area contributed by atoms with Crippen LogP contribution in [-0.4, -0.2) is 4.57 Å². The third kappa shape index (κ3) is 3.43. The fraction of sp³-hybridized carbons (Fsp3) is 0.0952. The quantitative estimate of drug-likeness (QED) is 0.194. The van der Waals surface area contributed by atoms with E-state index in [1.165, 1.54) is 71.4 Å². The van der Waals surface area contributed by atoms with Crippen molar-refractivity contribution in [2.75, 3.05) is 4.90 Å². The van der Waals surface area contributed by atoms with Crippen LogP contribution in [0, 0.1) is 6.92 Å². The lowest BCUT2D eigenvalue weighted by molar-refractivity contribution is 0.630. The number of hydrogen-bond acceptors (Lipinski definition) is 1. The summed E-state index contributed by atoms with van der Waals surface area (Å²) >= 11 is 0. The average molecular weight is 565 g/mol. The number of hydrogen-bond donors (Lipinski definition) is 0. The first kappa shape index (κ1) is 25.2. The van der Waals surface area contributed by atoms with Gasteiger partial charge in [0.15, 0.2) is 0 Å². The Morgan fingerprint density at radius 3 is 2.07 bits per heavy atom. The Labute approximate surface area is 257 Å². The molecule has 1 aromatic heterocycles. The van der Waals surface area contributed by atoms with Crippen LogP contribution in [0.1, 0.15) is 30.5 Å². The van der Waals surface area contributed by atoms with Gasteiger partial charge in [-0.15, -0.1) is 0 Å². The molecular formula is C42H32N2. The monoisotopic (exact) mass is 564 g/mol. The van der Waals surface area contributed by atoms with Gasteiger partial charge in [-0.1, -0.05) is 111 Å². The van der Waals surface area contributed by atoms with Crippen molar-refractivity contribution in [1.82, 2.24) is 4.57 Å². The normalized spacial score (nSPS) is 13.5. The zero-order valence-corrected chi connectivity index (χ0v) is 25.2.